The van der Waals surface area contributed by atoms with Crippen LogP contribution in [0.25, 0.3) is 21.9 Å². The van der Waals surface area contributed by atoms with E-state index in [-0.39, 0.29) is 43.9 Å². The molecule has 3 aliphatic heterocycles. The van der Waals surface area contributed by atoms with Crippen molar-refractivity contribution >= 4 is 45.6 Å². The number of carbonyl (C=O) groups is 3. The summed E-state index contributed by atoms with van der Waals surface area (Å²) in [6, 6.07) is 6.54. The molecule has 20 heteroatoms. The molecule has 1 aromatic carbocycles. The molecule has 20 nitrogen and oxygen atoms in total. The molecule has 76 heavy (non-hydrogen) atoms. The first-order valence-corrected chi connectivity index (χ1v) is 27.3. The van der Waals surface area contributed by atoms with Gasteiger partial charge in [0.15, 0.2) is 24.5 Å². The number of aliphatic hydroxyl groups is 4. The smallest absolute Gasteiger partial charge is 0.311 e. The van der Waals surface area contributed by atoms with E-state index in [1.54, 1.807) is 54.8 Å². The Kier molecular flexibility index (Phi) is 20.2. The first kappa shape index (κ1) is 61.3. The Morgan fingerprint density at radius 3 is 2.29 bits per heavy atom. The number of para-hydroxylation sites is 1. The molecule has 0 bridgehead atoms. The maximum atomic E-state index is 14.6. The molecule has 428 valence electrons. The molecule has 0 aliphatic carbocycles. The van der Waals surface area contributed by atoms with E-state index >= 15 is 0 Å². The van der Waals surface area contributed by atoms with Gasteiger partial charge in [-0.05, 0) is 107 Å². The van der Waals surface area contributed by atoms with Gasteiger partial charge < -0.3 is 73.3 Å². The number of nitrogens with one attached hydrogen (secondary N) is 1. The summed E-state index contributed by atoms with van der Waals surface area (Å²) in [7, 11) is 7.04. The van der Waals surface area contributed by atoms with Crippen molar-refractivity contribution < 1.29 is 68.0 Å². The van der Waals surface area contributed by atoms with Crippen LogP contribution in [-0.4, -0.2) is 188 Å². The third-order valence-corrected chi connectivity index (χ3v) is 16.3. The van der Waals surface area contributed by atoms with Gasteiger partial charge in [-0.1, -0.05) is 52.8 Å². The molecule has 1 unspecified atom stereocenters. The van der Waals surface area contributed by atoms with Crippen molar-refractivity contribution in [1.29, 1.82) is 0 Å². The number of esters is 2. The number of anilines is 1. The molecule has 3 aliphatic rings. The van der Waals surface area contributed by atoms with Crippen LogP contribution in [0.3, 0.4) is 0 Å². The zero-order chi connectivity index (χ0) is 56.4. The summed E-state index contributed by atoms with van der Waals surface area (Å²) in [4.78, 5) is 55.9. The predicted molar refractivity (Wildman–Crippen MR) is 286 cm³/mol. The Labute approximate surface area is 449 Å². The van der Waals surface area contributed by atoms with Gasteiger partial charge in [0.05, 0.1) is 65.8 Å². The number of fused-ring (bicyclic) bond motifs is 3. The first-order valence-electron chi connectivity index (χ1n) is 27.3. The van der Waals surface area contributed by atoms with Crippen LogP contribution in [0.15, 0.2) is 30.6 Å². The SMILES string of the molecule is CC[C@H]1OC(=O)[C@H](C)[C@@H](O[C@H]2C[C@@](C)(OC)[C@@H](O)[C@H](C)O2)[C@H](C)[C@@H](O[C@@H]2O[C@H](C)CC(N(C)C)[C@H]2OC(=O)CCC(=O)Nc2nc3ccccc3c3ncn(CC(C)C)c23)[C@](C)(O)C[C@@H](C)CN(C)[C@H](C)[C@@H](O)[C@]1(C)O. The molecule has 0 spiro atoms. The van der Waals surface area contributed by atoms with Gasteiger partial charge in [-0.15, -0.1) is 0 Å². The number of ether oxygens (including phenoxy) is 7. The Balaban J connectivity index is 1.34. The molecular weight excluding hydrogens is 981 g/mol. The molecule has 3 aromatic rings. The van der Waals surface area contributed by atoms with Crippen molar-refractivity contribution in [2.45, 2.75) is 218 Å². The monoisotopic (exact) mass is 1070 g/mol. The van der Waals surface area contributed by atoms with E-state index in [1.165, 1.54) is 14.0 Å². The van der Waals surface area contributed by atoms with E-state index in [2.05, 4.69) is 19.2 Å². The number of nitrogens with zero attached hydrogens (tertiary/aromatic N) is 5. The number of rotatable bonds is 14. The zero-order valence-electron chi connectivity index (χ0n) is 47.9. The Morgan fingerprint density at radius 2 is 1.64 bits per heavy atom. The van der Waals surface area contributed by atoms with E-state index in [4.69, 9.17) is 43.1 Å². The van der Waals surface area contributed by atoms with Crippen LogP contribution in [0.4, 0.5) is 5.82 Å². The number of pyridine rings is 1. The highest BCUT2D eigenvalue weighted by Gasteiger charge is 2.53. The van der Waals surface area contributed by atoms with Crippen molar-refractivity contribution in [1.82, 2.24) is 24.3 Å². The Bertz CT molecular complexity index is 2430. The lowest BCUT2D eigenvalue weighted by molar-refractivity contribution is -0.319. The molecule has 3 fully saturated rings. The highest BCUT2D eigenvalue weighted by molar-refractivity contribution is 6.09. The number of carbonyl (C=O) groups excluding carboxylic acids is 3. The fourth-order valence-corrected chi connectivity index (χ4v) is 11.9. The minimum atomic E-state index is -1.87. The van der Waals surface area contributed by atoms with Crippen LogP contribution >= 0.6 is 0 Å². The van der Waals surface area contributed by atoms with Crippen molar-refractivity contribution in [3.63, 3.8) is 0 Å². The number of aromatic nitrogens is 3. The van der Waals surface area contributed by atoms with Crippen LogP contribution in [-0.2, 0) is 54.1 Å². The minimum absolute atomic E-state index is 0.0669. The number of aliphatic hydroxyl groups excluding tert-OH is 2. The van der Waals surface area contributed by atoms with Gasteiger partial charge >= 0.3 is 11.9 Å². The lowest BCUT2D eigenvalue weighted by Gasteiger charge is -2.49. The third kappa shape index (κ3) is 13.7. The second-order valence-electron chi connectivity index (χ2n) is 23.6. The van der Waals surface area contributed by atoms with Crippen LogP contribution in [0.1, 0.15) is 122 Å². The fourth-order valence-electron chi connectivity index (χ4n) is 11.9. The quantitative estimate of drug-likeness (QED) is 0.126. The number of methoxy groups -OCH3 is 1. The molecule has 5 N–H and O–H groups in total. The van der Waals surface area contributed by atoms with Crippen molar-refractivity contribution in [2.24, 2.45) is 23.7 Å². The number of amides is 1. The molecule has 18 atom stereocenters. The summed E-state index contributed by atoms with van der Waals surface area (Å²) in [5, 5.41) is 51.7. The van der Waals surface area contributed by atoms with Crippen LogP contribution in [0, 0.1) is 23.7 Å². The number of hydrogen-bond acceptors (Lipinski definition) is 18. The standard InChI is InChI=1S/C56H90N6O14/c1-17-40-56(12,69)48(65)35(8)61(15)28-31(4)25-54(10,68)50(33(6)46(34(7)52(67)73-40)75-43-26-55(11,70-16)49(66)36(9)72-43)76-53-47(39(60(13)14)24-32(5)71-53)74-42(64)23-22-41(63)59-51-45-44(57-29-62(45)27-30(2)3)37-20-18-19-21-38(37)58-51/h18-21,29-36,39-40,43,46-50,53,65-66,68-69H,17,22-28H2,1-16H3,(H,58,59,63)/t31-,32-,33+,34-,35-,36+,39?,40-,43+,46+,47-,48-,49+,50-,53+,54-,55-,56-/m1/s1. The predicted octanol–water partition coefficient (Wildman–Crippen LogP) is 5.42. The van der Waals surface area contributed by atoms with Crippen LogP contribution < -0.4 is 5.32 Å². The van der Waals surface area contributed by atoms with E-state index < -0.39 is 120 Å². The Morgan fingerprint density at radius 1 is 0.961 bits per heavy atom. The average molecular weight is 1070 g/mol. The van der Waals surface area contributed by atoms with Crippen molar-refractivity contribution in [2.75, 3.05) is 40.1 Å². The van der Waals surface area contributed by atoms with Crippen LogP contribution in [0.5, 0.6) is 0 Å². The third-order valence-electron chi connectivity index (χ3n) is 16.3. The molecule has 1 amide bonds. The number of benzene rings is 1. The summed E-state index contributed by atoms with van der Waals surface area (Å²) in [5.74, 6) is -3.49. The topological polar surface area (TPSA) is 246 Å². The number of likely N-dealkylation sites (N-methyl/N-ethyl adjacent to an activating group) is 2. The average Bonchev–Trinajstić information content (AvgIpc) is 3.77. The maximum absolute atomic E-state index is 14.6. The number of hydrogen-bond donors (Lipinski definition) is 5. The second-order valence-corrected chi connectivity index (χ2v) is 23.6. The summed E-state index contributed by atoms with van der Waals surface area (Å²) >= 11 is 0. The summed E-state index contributed by atoms with van der Waals surface area (Å²) in [5.41, 5.74) is -2.62. The number of cyclic esters (lactones) is 1. The van der Waals surface area contributed by atoms with Gasteiger partial charge in [0.25, 0.3) is 0 Å². The van der Waals surface area contributed by atoms with E-state index in [0.29, 0.717) is 41.9 Å². The van der Waals surface area contributed by atoms with Gasteiger partial charge in [-0.2, -0.15) is 0 Å². The van der Waals surface area contributed by atoms with Crippen LogP contribution in [0.2, 0.25) is 0 Å². The molecular formula is C56H90N6O14. The minimum Gasteiger partial charge on any atom is -0.459 e. The van der Waals surface area contributed by atoms with Gasteiger partial charge in [0.2, 0.25) is 5.91 Å². The molecule has 5 heterocycles. The lowest BCUT2D eigenvalue weighted by atomic mass is 9.77. The number of imidazole rings is 1. The normalized spacial score (nSPS) is 37.7. The molecule has 3 saturated heterocycles. The molecule has 2 aromatic heterocycles. The van der Waals surface area contributed by atoms with Crippen molar-refractivity contribution in [3.8, 4) is 0 Å². The molecule has 6 rings (SSSR count). The summed E-state index contributed by atoms with van der Waals surface area (Å²) < 4.78 is 47.1. The Hall–Kier alpha value is -3.93. The second kappa shape index (κ2) is 25.0. The fraction of sp³-hybridized carbons (Fsp3) is 0.768. The maximum Gasteiger partial charge on any atom is 0.311 e. The zero-order valence-corrected chi connectivity index (χ0v) is 47.9. The van der Waals surface area contributed by atoms with Gasteiger partial charge in [-0.25, -0.2) is 9.97 Å². The summed E-state index contributed by atoms with van der Waals surface area (Å²) in [6.45, 7) is 22.6. The largest absolute Gasteiger partial charge is 0.459 e. The van der Waals surface area contributed by atoms with Gasteiger partial charge in [0, 0.05) is 50.4 Å². The first-order chi connectivity index (χ1) is 35.5. The lowest BCUT2D eigenvalue weighted by Crippen LogP contribution is -2.61. The highest BCUT2D eigenvalue weighted by atomic mass is 16.7. The van der Waals surface area contributed by atoms with E-state index in [0.717, 1.165) is 5.39 Å². The van der Waals surface area contributed by atoms with E-state index in [1.807, 2.05) is 73.6 Å². The van der Waals surface area contributed by atoms with Crippen molar-refractivity contribution in [3.05, 3.63) is 30.6 Å². The molecule has 0 radical (unpaired) electrons. The van der Waals surface area contributed by atoms with Gasteiger partial charge in [0.1, 0.15) is 34.9 Å². The van der Waals surface area contributed by atoms with E-state index in [9.17, 15) is 34.8 Å². The highest BCUT2D eigenvalue weighted by Crippen LogP contribution is 2.41. The summed E-state index contributed by atoms with van der Waals surface area (Å²) in [6.07, 6.45) is -8.31. The molecule has 0 saturated carbocycles. The van der Waals surface area contributed by atoms with Gasteiger partial charge in [-0.3, -0.25) is 14.4 Å².